The van der Waals surface area contributed by atoms with Crippen molar-refractivity contribution < 1.29 is 18.0 Å². The minimum atomic E-state index is -4.58. The van der Waals surface area contributed by atoms with Crippen LogP contribution in [0.2, 0.25) is 0 Å². The fraction of sp³-hybridized carbons (Fsp3) is 0.333. The number of rotatable bonds is 8. The van der Waals surface area contributed by atoms with E-state index in [9.17, 15) is 18.0 Å². The predicted molar refractivity (Wildman–Crippen MR) is 162 cm³/mol. The molecule has 1 amide bonds. The van der Waals surface area contributed by atoms with Crippen LogP contribution in [0.3, 0.4) is 0 Å². The highest BCUT2D eigenvalue weighted by Crippen LogP contribution is 2.33. The molecule has 0 atom stereocenters. The lowest BCUT2D eigenvalue weighted by Gasteiger charge is -2.36. The molecule has 0 bridgehead atoms. The monoisotopic (exact) mass is 592 g/mol. The third-order valence-electron chi connectivity index (χ3n) is 7.48. The quantitative estimate of drug-likeness (QED) is 0.342. The summed E-state index contributed by atoms with van der Waals surface area (Å²) < 4.78 is 45.6. The van der Waals surface area contributed by atoms with Crippen LogP contribution in [-0.4, -0.2) is 71.9 Å². The number of aromatic nitrogens is 2. The molecular formula is C30H33F3N9O+. The van der Waals surface area contributed by atoms with E-state index in [1.807, 2.05) is 24.0 Å². The fourth-order valence-corrected chi connectivity index (χ4v) is 5.00. The first-order valence-corrected chi connectivity index (χ1v) is 14.0. The van der Waals surface area contributed by atoms with E-state index in [0.717, 1.165) is 42.9 Å². The van der Waals surface area contributed by atoms with E-state index in [2.05, 4.69) is 43.0 Å². The van der Waals surface area contributed by atoms with Crippen LogP contribution in [0.1, 0.15) is 34.0 Å². The number of guanidine groups is 1. The number of nitrogens with one attached hydrogen (secondary N) is 2. The van der Waals surface area contributed by atoms with Gasteiger partial charge in [0.1, 0.15) is 12.1 Å². The number of amides is 1. The summed E-state index contributed by atoms with van der Waals surface area (Å²) in [6, 6.07) is 10.6. The summed E-state index contributed by atoms with van der Waals surface area (Å²) in [5.41, 5.74) is 7.74. The summed E-state index contributed by atoms with van der Waals surface area (Å²) in [7, 11) is 0. The molecule has 0 saturated carbocycles. The van der Waals surface area contributed by atoms with E-state index in [-0.39, 0.29) is 5.56 Å². The molecule has 10 nitrogen and oxygen atoms in total. The molecule has 0 unspecified atom stereocenters. The van der Waals surface area contributed by atoms with Gasteiger partial charge in [-0.2, -0.15) is 22.7 Å². The van der Waals surface area contributed by atoms with Crippen LogP contribution in [0.4, 0.5) is 36.2 Å². The molecule has 13 heteroatoms. The molecule has 43 heavy (non-hydrogen) atoms. The van der Waals surface area contributed by atoms with Crippen molar-refractivity contribution in [2.75, 3.05) is 60.1 Å². The molecule has 224 valence electrons. The molecule has 3 aromatic rings. The van der Waals surface area contributed by atoms with Crippen molar-refractivity contribution in [1.29, 1.82) is 0 Å². The highest BCUT2D eigenvalue weighted by Gasteiger charge is 2.33. The molecule has 0 spiro atoms. The molecular weight excluding hydrogens is 559 g/mol. The molecule has 4 N–H and O–H groups in total. The Labute approximate surface area is 247 Å². The van der Waals surface area contributed by atoms with E-state index < -0.39 is 17.6 Å². The minimum Gasteiger partial charge on any atom is -0.383 e. The number of nitrogens with zero attached hydrogens (tertiary/aromatic N) is 6. The van der Waals surface area contributed by atoms with Crippen molar-refractivity contribution >= 4 is 40.7 Å². The van der Waals surface area contributed by atoms with Gasteiger partial charge in [0.25, 0.3) is 5.91 Å². The first-order chi connectivity index (χ1) is 20.6. The van der Waals surface area contributed by atoms with Crippen LogP contribution >= 0.6 is 0 Å². The number of benzene rings is 2. The average molecular weight is 593 g/mol. The third-order valence-corrected chi connectivity index (χ3v) is 7.48. The van der Waals surface area contributed by atoms with E-state index >= 15 is 0 Å². The maximum Gasteiger partial charge on any atom is 0.461 e. The SMILES string of the molecule is CCN1CCN(c2cc(C(=O)Nc3ccc(C)c(CCNC4=[N+]=C=CN4c4cc(N)ncn4)c3)cc(C(F)(F)F)c2)CC1. The Bertz CT molecular complexity index is 1600. The molecule has 3 heterocycles. The zero-order chi connectivity index (χ0) is 30.6. The molecule has 1 aromatic heterocycles. The number of alkyl halides is 3. The van der Waals surface area contributed by atoms with Crippen molar-refractivity contribution in [2.45, 2.75) is 26.4 Å². The lowest BCUT2D eigenvalue weighted by atomic mass is 10.0. The van der Waals surface area contributed by atoms with Gasteiger partial charge in [-0.3, -0.25) is 10.1 Å². The van der Waals surface area contributed by atoms with Crippen LogP contribution in [0, 0.1) is 6.92 Å². The van der Waals surface area contributed by atoms with E-state index in [0.29, 0.717) is 55.0 Å². The third kappa shape index (κ3) is 7.15. The second kappa shape index (κ2) is 12.6. The zero-order valence-corrected chi connectivity index (χ0v) is 23.9. The normalized spacial score (nSPS) is 15.1. The number of hydrogen-bond donors (Lipinski definition) is 3. The van der Waals surface area contributed by atoms with Gasteiger partial charge in [-0.15, -0.1) is 0 Å². The summed E-state index contributed by atoms with van der Waals surface area (Å²) in [4.78, 5) is 27.2. The van der Waals surface area contributed by atoms with Crippen molar-refractivity contribution in [3.63, 3.8) is 0 Å². The van der Waals surface area contributed by atoms with Crippen LogP contribution in [0.15, 0.2) is 55.0 Å². The number of piperazine rings is 1. The molecule has 5 rings (SSSR count). The minimum absolute atomic E-state index is 0.0417. The first-order valence-electron chi connectivity index (χ1n) is 14.0. The van der Waals surface area contributed by atoms with Gasteiger partial charge in [0.2, 0.25) is 5.82 Å². The van der Waals surface area contributed by atoms with Crippen LogP contribution < -0.4 is 30.8 Å². The maximum absolute atomic E-state index is 13.8. The molecule has 2 aromatic carbocycles. The maximum atomic E-state index is 13.8. The summed E-state index contributed by atoms with van der Waals surface area (Å²) in [6.45, 7) is 8.11. The first kappa shape index (κ1) is 29.7. The summed E-state index contributed by atoms with van der Waals surface area (Å²) in [5, 5.41) is 6.04. The number of nitrogen functional groups attached to an aromatic ring is 1. The molecule has 0 radical (unpaired) electrons. The number of carbonyl (C=O) groups excluding carboxylic acids is 1. The van der Waals surface area contributed by atoms with Gasteiger partial charge < -0.3 is 20.9 Å². The van der Waals surface area contributed by atoms with Gasteiger partial charge in [0.05, 0.1) is 12.1 Å². The second-order valence-corrected chi connectivity index (χ2v) is 10.3. The smallest absolute Gasteiger partial charge is 0.383 e. The number of carbonyl (C=O) groups is 1. The number of likely N-dealkylation sites (N-methyl/N-ethyl adjacent to an activating group) is 1. The van der Waals surface area contributed by atoms with Gasteiger partial charge in [0, 0.05) is 55.6 Å². The Kier molecular flexibility index (Phi) is 8.68. The molecule has 2 aliphatic heterocycles. The largest absolute Gasteiger partial charge is 0.461 e. The predicted octanol–water partition coefficient (Wildman–Crippen LogP) is 3.04. The summed E-state index contributed by atoms with van der Waals surface area (Å²) in [5.74, 6) is 3.59. The molecule has 0 aliphatic carbocycles. The van der Waals surface area contributed by atoms with Crippen molar-refractivity contribution in [1.82, 2.24) is 24.9 Å². The Morgan fingerprint density at radius 3 is 2.60 bits per heavy atom. The van der Waals surface area contributed by atoms with Gasteiger partial charge in [-0.05, 0) is 54.9 Å². The highest BCUT2D eigenvalue weighted by atomic mass is 19.4. The Hall–Kier alpha value is -4.83. The number of halogens is 3. The lowest BCUT2D eigenvalue weighted by molar-refractivity contribution is -0.137. The number of anilines is 4. The van der Waals surface area contributed by atoms with E-state index in [4.69, 9.17) is 5.73 Å². The van der Waals surface area contributed by atoms with Crippen LogP contribution in [-0.2, 0) is 12.6 Å². The topological polar surface area (TPSA) is 117 Å². The fourth-order valence-electron chi connectivity index (χ4n) is 5.00. The van der Waals surface area contributed by atoms with E-state index in [1.165, 1.54) is 12.4 Å². The van der Waals surface area contributed by atoms with Crippen molar-refractivity contribution in [2.24, 2.45) is 0 Å². The second-order valence-electron chi connectivity index (χ2n) is 10.3. The summed E-state index contributed by atoms with van der Waals surface area (Å²) >= 11 is 0. The zero-order valence-electron chi connectivity index (χ0n) is 23.9. The Balaban J connectivity index is 1.27. The lowest BCUT2D eigenvalue weighted by Crippen LogP contribution is -2.46. The van der Waals surface area contributed by atoms with Gasteiger partial charge in [0.15, 0.2) is 12.1 Å². The number of aryl methyl sites for hydroxylation is 1. The Morgan fingerprint density at radius 2 is 1.88 bits per heavy atom. The Morgan fingerprint density at radius 1 is 1.09 bits per heavy atom. The number of nitrogens with two attached hydrogens (primary N) is 1. The molecule has 1 saturated heterocycles. The van der Waals surface area contributed by atoms with Crippen LogP contribution in [0.25, 0.3) is 0 Å². The van der Waals surface area contributed by atoms with Gasteiger partial charge >= 0.3 is 12.1 Å². The highest BCUT2D eigenvalue weighted by molar-refractivity contribution is 6.05. The van der Waals surface area contributed by atoms with Crippen molar-refractivity contribution in [3.8, 4) is 0 Å². The van der Waals surface area contributed by atoms with Gasteiger partial charge in [-0.25, -0.2) is 9.97 Å². The van der Waals surface area contributed by atoms with E-state index in [1.54, 1.807) is 23.2 Å². The molecule has 2 aliphatic rings. The van der Waals surface area contributed by atoms with Crippen LogP contribution in [0.5, 0.6) is 0 Å². The molecule has 1 fully saturated rings. The summed E-state index contributed by atoms with van der Waals surface area (Å²) in [6.07, 6.45) is -0.986. The average Bonchev–Trinajstić information content (AvgIpc) is 3.47. The standard InChI is InChI=1S/C30H32F3N9O/c1-3-40-10-12-41(13-11-40)25-16-22(14-23(17-25)30(31,32)33)28(43)39-24-5-4-20(2)21(15-24)6-7-35-29-36-8-9-42(29)27-18-26(34)37-19-38-27/h4-5,9,14-19H,3,6-7,10-13H2,1-2H3,(H3,34,37,38,39,43)/p+1. The number of hydrogen-bond acceptors (Lipinski definition) is 8. The van der Waals surface area contributed by atoms with Gasteiger partial charge in [-0.1, -0.05) is 13.0 Å². The van der Waals surface area contributed by atoms with Crippen molar-refractivity contribution in [3.05, 3.63) is 77.2 Å².